The van der Waals surface area contributed by atoms with Crippen LogP contribution in [0.25, 0.3) is 27.8 Å². The van der Waals surface area contributed by atoms with Gasteiger partial charge in [0.25, 0.3) is 11.1 Å². The largest absolute Gasteiger partial charge is 0.494 e. The number of nitrogens with one attached hydrogen (secondary N) is 2. The number of aromatic amines is 2. The highest BCUT2D eigenvalue weighted by atomic mass is 32.1. The molecule has 112 valence electrons. The fourth-order valence-electron chi connectivity index (χ4n) is 2.75. The molecule has 0 radical (unpaired) electrons. The van der Waals surface area contributed by atoms with Crippen molar-refractivity contribution in [2.75, 3.05) is 0 Å². The van der Waals surface area contributed by atoms with E-state index in [9.17, 15) is 14.7 Å². The van der Waals surface area contributed by atoms with Crippen LogP contribution in [0.15, 0.2) is 39.9 Å². The van der Waals surface area contributed by atoms with Crippen molar-refractivity contribution in [3.05, 3.63) is 66.6 Å². The number of H-pyrrole nitrogens is 2. The fourth-order valence-corrected chi connectivity index (χ4v) is 2.94. The van der Waals surface area contributed by atoms with Gasteiger partial charge in [-0.25, -0.2) is 4.98 Å². The predicted molar refractivity (Wildman–Crippen MR) is 89.4 cm³/mol. The lowest BCUT2D eigenvalue weighted by Crippen LogP contribution is -2.14. The molecule has 0 fully saturated rings. The Balaban J connectivity index is 2.15. The summed E-state index contributed by atoms with van der Waals surface area (Å²) in [5, 5.41) is 12.7. The minimum atomic E-state index is -0.490. The smallest absolute Gasteiger partial charge is 0.278 e. The molecule has 0 saturated heterocycles. The van der Waals surface area contributed by atoms with Gasteiger partial charge in [0.2, 0.25) is 5.88 Å². The minimum Gasteiger partial charge on any atom is -0.494 e. The quantitative estimate of drug-likeness (QED) is 0.457. The highest BCUT2D eigenvalue weighted by Crippen LogP contribution is 2.21. The summed E-state index contributed by atoms with van der Waals surface area (Å²) >= 11 is 4.81. The monoisotopic (exact) mass is 323 g/mol. The molecule has 4 aromatic rings. The maximum Gasteiger partial charge on any atom is 0.278 e. The van der Waals surface area contributed by atoms with Crippen molar-refractivity contribution in [2.45, 2.75) is 0 Å². The van der Waals surface area contributed by atoms with Gasteiger partial charge in [-0.05, 0) is 41.0 Å². The molecular formula is C16H9N3O3S. The topological polar surface area (TPSA) is 98.8 Å². The standard InChI is InChI=1S/C16H9N3O3S/c20-13-9-3-1-2-8-7(4-5-11(17-13)12(8)9)6-10-14(21)18-16(23)19-15(10)22/h1-6H,(H3,18,19,21,22,23)/b7-6+. The van der Waals surface area contributed by atoms with Crippen LogP contribution in [0.4, 0.5) is 0 Å². The first kappa shape index (κ1) is 13.6. The Bertz CT molecular complexity index is 1290. The summed E-state index contributed by atoms with van der Waals surface area (Å²) in [7, 11) is 0. The number of nitrogens with zero attached hydrogens (tertiary/aromatic N) is 1. The van der Waals surface area contributed by atoms with E-state index in [1.165, 1.54) is 0 Å². The molecule has 23 heavy (non-hydrogen) atoms. The van der Waals surface area contributed by atoms with Gasteiger partial charge in [0.15, 0.2) is 4.77 Å². The van der Waals surface area contributed by atoms with Crippen LogP contribution in [0.5, 0.6) is 5.88 Å². The average Bonchev–Trinajstić information content (AvgIpc) is 2.83. The van der Waals surface area contributed by atoms with E-state index < -0.39 is 5.56 Å². The molecule has 0 atom stereocenters. The number of hydrogen-bond acceptors (Lipinski definition) is 5. The summed E-state index contributed by atoms with van der Waals surface area (Å²) in [5.74, 6) is -0.303. The number of aromatic nitrogens is 3. The number of aromatic hydroxyl groups is 1. The molecule has 2 aromatic carbocycles. The predicted octanol–water partition coefficient (Wildman–Crippen LogP) is 1.19. The molecule has 0 aliphatic rings. The molecule has 0 unspecified atom stereocenters. The molecule has 2 heterocycles. The van der Waals surface area contributed by atoms with Gasteiger partial charge in [0.05, 0.1) is 10.9 Å². The SMILES string of the molecule is O=c1[nH]c(=S)[nH]c(O)c1/C=c1\ccc2nc(=O)c3cccc1c23. The third kappa shape index (κ3) is 2.01. The van der Waals surface area contributed by atoms with Crippen molar-refractivity contribution in [2.24, 2.45) is 0 Å². The van der Waals surface area contributed by atoms with Crippen molar-refractivity contribution in [3.63, 3.8) is 0 Å². The zero-order valence-corrected chi connectivity index (χ0v) is 12.4. The second-order valence-electron chi connectivity index (χ2n) is 5.13. The zero-order valence-electron chi connectivity index (χ0n) is 11.6. The summed E-state index contributed by atoms with van der Waals surface area (Å²) in [4.78, 5) is 32.8. The van der Waals surface area contributed by atoms with E-state index in [0.717, 1.165) is 10.8 Å². The first-order valence-corrected chi connectivity index (χ1v) is 7.17. The highest BCUT2D eigenvalue weighted by molar-refractivity contribution is 7.71. The number of benzene rings is 2. The van der Waals surface area contributed by atoms with Gasteiger partial charge in [-0.15, -0.1) is 0 Å². The van der Waals surface area contributed by atoms with Crippen LogP contribution in [0.1, 0.15) is 5.56 Å². The second-order valence-corrected chi connectivity index (χ2v) is 5.54. The van der Waals surface area contributed by atoms with Crippen LogP contribution in [0.3, 0.4) is 0 Å². The van der Waals surface area contributed by atoms with E-state index in [2.05, 4.69) is 15.0 Å². The summed E-state index contributed by atoms with van der Waals surface area (Å²) in [6.07, 6.45) is 1.55. The molecule has 0 bridgehead atoms. The molecule has 2 aromatic heterocycles. The van der Waals surface area contributed by atoms with Crippen LogP contribution in [-0.4, -0.2) is 20.1 Å². The Morgan fingerprint density at radius 2 is 1.87 bits per heavy atom. The second kappa shape index (κ2) is 4.72. The molecule has 0 amide bonds. The molecule has 4 rings (SSSR count). The van der Waals surface area contributed by atoms with Crippen LogP contribution in [0.2, 0.25) is 0 Å². The lowest BCUT2D eigenvalue weighted by Gasteiger charge is -2.01. The molecule has 0 saturated carbocycles. The third-order valence-corrected chi connectivity index (χ3v) is 3.97. The number of hydrogen-bond donors (Lipinski definition) is 3. The van der Waals surface area contributed by atoms with Gasteiger partial charge < -0.3 is 10.1 Å². The summed E-state index contributed by atoms with van der Waals surface area (Å²) in [6.45, 7) is 0. The first-order chi connectivity index (χ1) is 11.0. The van der Waals surface area contributed by atoms with Crippen molar-refractivity contribution in [3.8, 4) is 5.88 Å². The van der Waals surface area contributed by atoms with Crippen LogP contribution in [0, 0.1) is 4.77 Å². The fraction of sp³-hybridized carbons (Fsp3) is 0. The van der Waals surface area contributed by atoms with E-state index >= 15 is 0 Å². The molecule has 0 aliphatic carbocycles. The van der Waals surface area contributed by atoms with Crippen molar-refractivity contribution >= 4 is 40.0 Å². The Kier molecular flexibility index (Phi) is 2.79. The van der Waals surface area contributed by atoms with E-state index in [4.69, 9.17) is 12.2 Å². The van der Waals surface area contributed by atoms with Gasteiger partial charge in [0.1, 0.15) is 5.56 Å². The van der Waals surface area contributed by atoms with Gasteiger partial charge >= 0.3 is 0 Å². The van der Waals surface area contributed by atoms with Gasteiger partial charge in [-0.1, -0.05) is 18.2 Å². The number of rotatable bonds is 1. The first-order valence-electron chi connectivity index (χ1n) is 6.77. The van der Waals surface area contributed by atoms with E-state index in [1.807, 2.05) is 6.07 Å². The lowest BCUT2D eigenvalue weighted by atomic mass is 10.0. The Morgan fingerprint density at radius 1 is 1.09 bits per heavy atom. The molecule has 7 heteroatoms. The van der Waals surface area contributed by atoms with Gasteiger partial charge in [-0.3, -0.25) is 14.6 Å². The Labute approximate surface area is 133 Å². The lowest BCUT2D eigenvalue weighted by molar-refractivity contribution is 0.448. The Hall–Kier alpha value is -3.06. The molecular weight excluding hydrogens is 314 g/mol. The van der Waals surface area contributed by atoms with E-state index in [0.29, 0.717) is 16.1 Å². The maximum absolute atomic E-state index is 12.0. The van der Waals surface area contributed by atoms with Crippen LogP contribution in [-0.2, 0) is 0 Å². The van der Waals surface area contributed by atoms with E-state index in [-0.39, 0.29) is 21.8 Å². The van der Waals surface area contributed by atoms with Gasteiger partial charge in [0, 0.05) is 5.39 Å². The third-order valence-electron chi connectivity index (χ3n) is 3.76. The average molecular weight is 323 g/mol. The van der Waals surface area contributed by atoms with Crippen LogP contribution >= 0.6 is 12.2 Å². The minimum absolute atomic E-state index is 0.0504. The normalized spacial score (nSPS) is 12.4. The highest BCUT2D eigenvalue weighted by Gasteiger charge is 2.10. The zero-order chi connectivity index (χ0) is 16.1. The van der Waals surface area contributed by atoms with Crippen molar-refractivity contribution in [1.29, 1.82) is 0 Å². The molecule has 6 nitrogen and oxygen atoms in total. The Morgan fingerprint density at radius 3 is 2.65 bits per heavy atom. The van der Waals surface area contributed by atoms with Crippen molar-refractivity contribution in [1.82, 2.24) is 15.0 Å². The van der Waals surface area contributed by atoms with Crippen LogP contribution < -0.4 is 16.3 Å². The summed E-state index contributed by atoms with van der Waals surface area (Å²) in [6, 6.07) is 8.81. The maximum atomic E-state index is 12.0. The van der Waals surface area contributed by atoms with Crippen molar-refractivity contribution < 1.29 is 5.11 Å². The van der Waals surface area contributed by atoms with Gasteiger partial charge in [-0.2, -0.15) is 0 Å². The van der Waals surface area contributed by atoms with E-state index in [1.54, 1.807) is 30.3 Å². The molecule has 0 aliphatic heterocycles. The molecule has 0 spiro atoms. The summed E-state index contributed by atoms with van der Waals surface area (Å²) < 4.78 is 0.0504. The summed E-state index contributed by atoms with van der Waals surface area (Å²) in [5.41, 5.74) is -0.0774. The molecule has 3 N–H and O–H groups in total.